The SMILES string of the molecule is O=C(CN1CCN(c2ccccn2)CC1)NCCc1cccc(Cl)c1. The molecule has 2 heterocycles. The lowest BCUT2D eigenvalue weighted by atomic mass is 10.1. The predicted molar refractivity (Wildman–Crippen MR) is 101 cm³/mol. The van der Waals surface area contributed by atoms with Crippen LogP contribution in [0.15, 0.2) is 48.7 Å². The van der Waals surface area contributed by atoms with Crippen LogP contribution >= 0.6 is 11.6 Å². The van der Waals surface area contributed by atoms with Crippen LogP contribution in [0.25, 0.3) is 0 Å². The number of amides is 1. The molecule has 132 valence electrons. The van der Waals surface area contributed by atoms with Gasteiger partial charge in [0.2, 0.25) is 5.91 Å². The zero-order valence-corrected chi connectivity index (χ0v) is 15.0. The summed E-state index contributed by atoms with van der Waals surface area (Å²) in [5.41, 5.74) is 1.14. The number of halogens is 1. The molecule has 1 aliphatic rings. The number of carbonyl (C=O) groups excluding carboxylic acids is 1. The average Bonchev–Trinajstić information content (AvgIpc) is 2.63. The van der Waals surface area contributed by atoms with Crippen LogP contribution in [0.5, 0.6) is 0 Å². The second-order valence-electron chi connectivity index (χ2n) is 6.18. The summed E-state index contributed by atoms with van der Waals surface area (Å²) in [5.74, 6) is 1.08. The van der Waals surface area contributed by atoms with Gasteiger partial charge in [-0.3, -0.25) is 9.69 Å². The van der Waals surface area contributed by atoms with Crippen LogP contribution < -0.4 is 10.2 Å². The quantitative estimate of drug-likeness (QED) is 0.860. The number of carbonyl (C=O) groups is 1. The van der Waals surface area contributed by atoms with Gasteiger partial charge in [0, 0.05) is 43.9 Å². The Morgan fingerprint density at radius 2 is 1.96 bits per heavy atom. The van der Waals surface area contributed by atoms with Gasteiger partial charge in [0.25, 0.3) is 0 Å². The van der Waals surface area contributed by atoms with Crippen molar-refractivity contribution >= 4 is 23.3 Å². The van der Waals surface area contributed by atoms with Gasteiger partial charge >= 0.3 is 0 Å². The predicted octanol–water partition coefficient (Wildman–Crippen LogP) is 2.22. The number of hydrogen-bond donors (Lipinski definition) is 1. The van der Waals surface area contributed by atoms with Crippen LogP contribution in [0.2, 0.25) is 5.02 Å². The summed E-state index contributed by atoms with van der Waals surface area (Å²) in [4.78, 5) is 20.9. The molecule has 1 aromatic heterocycles. The van der Waals surface area contributed by atoms with E-state index in [1.807, 2.05) is 48.7 Å². The normalized spacial score (nSPS) is 15.2. The van der Waals surface area contributed by atoms with Crippen molar-refractivity contribution in [2.24, 2.45) is 0 Å². The molecule has 0 unspecified atom stereocenters. The van der Waals surface area contributed by atoms with E-state index < -0.39 is 0 Å². The minimum absolute atomic E-state index is 0.0771. The number of piperazine rings is 1. The summed E-state index contributed by atoms with van der Waals surface area (Å²) in [7, 11) is 0. The van der Waals surface area contributed by atoms with E-state index in [0.717, 1.165) is 49.0 Å². The number of rotatable bonds is 6. The second kappa shape index (κ2) is 8.83. The van der Waals surface area contributed by atoms with Crippen molar-refractivity contribution in [3.63, 3.8) is 0 Å². The van der Waals surface area contributed by atoms with Gasteiger partial charge in [-0.25, -0.2) is 4.98 Å². The van der Waals surface area contributed by atoms with E-state index in [1.165, 1.54) is 0 Å². The van der Waals surface area contributed by atoms with Gasteiger partial charge in [0.1, 0.15) is 5.82 Å². The standard InChI is InChI=1S/C19H23ClN4O/c20-17-5-3-4-16(14-17)7-9-22-19(25)15-23-10-12-24(13-11-23)18-6-1-2-8-21-18/h1-6,8,14H,7,9-13,15H2,(H,22,25). The fraction of sp³-hybridized carbons (Fsp3) is 0.368. The molecule has 0 radical (unpaired) electrons. The Bertz CT molecular complexity index is 687. The van der Waals surface area contributed by atoms with Crippen molar-refractivity contribution in [1.29, 1.82) is 0 Å². The summed E-state index contributed by atoms with van der Waals surface area (Å²) in [6, 6.07) is 13.7. The lowest BCUT2D eigenvalue weighted by Crippen LogP contribution is -2.49. The number of aromatic nitrogens is 1. The largest absolute Gasteiger partial charge is 0.355 e. The maximum Gasteiger partial charge on any atom is 0.234 e. The molecule has 0 bridgehead atoms. The highest BCUT2D eigenvalue weighted by Gasteiger charge is 2.19. The van der Waals surface area contributed by atoms with E-state index >= 15 is 0 Å². The summed E-state index contributed by atoms with van der Waals surface area (Å²) in [6.07, 6.45) is 2.61. The summed E-state index contributed by atoms with van der Waals surface area (Å²) in [6.45, 7) is 4.62. The number of benzene rings is 1. The number of nitrogens with zero attached hydrogens (tertiary/aromatic N) is 3. The minimum Gasteiger partial charge on any atom is -0.355 e. The first-order chi connectivity index (χ1) is 12.2. The average molecular weight is 359 g/mol. The Morgan fingerprint density at radius 3 is 2.68 bits per heavy atom. The van der Waals surface area contributed by atoms with Gasteiger partial charge in [-0.1, -0.05) is 29.8 Å². The van der Waals surface area contributed by atoms with E-state index in [4.69, 9.17) is 11.6 Å². The molecule has 6 heteroatoms. The molecule has 25 heavy (non-hydrogen) atoms. The molecule has 0 spiro atoms. The van der Waals surface area contributed by atoms with Crippen molar-refractivity contribution in [3.05, 3.63) is 59.2 Å². The van der Waals surface area contributed by atoms with E-state index in [1.54, 1.807) is 0 Å². The summed E-state index contributed by atoms with van der Waals surface area (Å²) >= 11 is 5.97. The minimum atomic E-state index is 0.0771. The summed E-state index contributed by atoms with van der Waals surface area (Å²) in [5, 5.41) is 3.72. The molecule has 1 N–H and O–H groups in total. The molecule has 1 aromatic carbocycles. The van der Waals surface area contributed by atoms with Crippen LogP contribution in [-0.2, 0) is 11.2 Å². The second-order valence-corrected chi connectivity index (χ2v) is 6.62. The molecule has 0 saturated carbocycles. The lowest BCUT2D eigenvalue weighted by molar-refractivity contribution is -0.122. The van der Waals surface area contributed by atoms with E-state index in [9.17, 15) is 4.79 Å². The number of anilines is 1. The molecule has 1 fully saturated rings. The zero-order valence-electron chi connectivity index (χ0n) is 14.2. The fourth-order valence-electron chi connectivity index (χ4n) is 2.97. The van der Waals surface area contributed by atoms with Gasteiger partial charge in [-0.15, -0.1) is 0 Å². The molecule has 2 aromatic rings. The molecule has 5 nitrogen and oxygen atoms in total. The Balaban J connectivity index is 1.36. The Kier molecular flexibility index (Phi) is 6.25. The maximum absolute atomic E-state index is 12.1. The highest BCUT2D eigenvalue weighted by Crippen LogP contribution is 2.12. The van der Waals surface area contributed by atoms with E-state index in [-0.39, 0.29) is 5.91 Å². The first-order valence-corrected chi connectivity index (χ1v) is 8.98. The van der Waals surface area contributed by atoms with E-state index in [0.29, 0.717) is 13.1 Å². The van der Waals surface area contributed by atoms with Gasteiger partial charge in [-0.2, -0.15) is 0 Å². The third-order valence-corrected chi connectivity index (χ3v) is 4.57. The zero-order chi connectivity index (χ0) is 17.5. The Hall–Kier alpha value is -2.11. The molecule has 1 saturated heterocycles. The van der Waals surface area contributed by atoms with Crippen molar-refractivity contribution in [2.45, 2.75) is 6.42 Å². The monoisotopic (exact) mass is 358 g/mol. The van der Waals surface area contributed by atoms with Crippen LogP contribution in [0.1, 0.15) is 5.56 Å². The van der Waals surface area contributed by atoms with Gasteiger partial charge in [-0.05, 0) is 36.2 Å². The first kappa shape index (κ1) is 17.7. The van der Waals surface area contributed by atoms with Gasteiger partial charge < -0.3 is 10.2 Å². The van der Waals surface area contributed by atoms with Gasteiger partial charge in [0.15, 0.2) is 0 Å². The molecular weight excluding hydrogens is 336 g/mol. The highest BCUT2D eigenvalue weighted by molar-refractivity contribution is 6.30. The Labute approximate surface area is 153 Å². The lowest BCUT2D eigenvalue weighted by Gasteiger charge is -2.34. The fourth-order valence-corrected chi connectivity index (χ4v) is 3.19. The highest BCUT2D eigenvalue weighted by atomic mass is 35.5. The van der Waals surface area contributed by atoms with Crippen LogP contribution in [0, 0.1) is 0 Å². The molecule has 0 atom stereocenters. The third kappa shape index (κ3) is 5.44. The van der Waals surface area contributed by atoms with Gasteiger partial charge in [0.05, 0.1) is 6.54 Å². The van der Waals surface area contributed by atoms with Crippen LogP contribution in [-0.4, -0.2) is 55.1 Å². The van der Waals surface area contributed by atoms with Crippen molar-refractivity contribution in [3.8, 4) is 0 Å². The number of pyridine rings is 1. The smallest absolute Gasteiger partial charge is 0.234 e. The first-order valence-electron chi connectivity index (χ1n) is 8.60. The van der Waals surface area contributed by atoms with Crippen molar-refractivity contribution in [1.82, 2.24) is 15.2 Å². The third-order valence-electron chi connectivity index (χ3n) is 4.34. The number of hydrogen-bond acceptors (Lipinski definition) is 4. The molecule has 0 aliphatic carbocycles. The topological polar surface area (TPSA) is 48.5 Å². The van der Waals surface area contributed by atoms with Crippen molar-refractivity contribution in [2.75, 3.05) is 44.2 Å². The Morgan fingerprint density at radius 1 is 1.12 bits per heavy atom. The molecule has 1 aliphatic heterocycles. The van der Waals surface area contributed by atoms with Crippen molar-refractivity contribution < 1.29 is 4.79 Å². The molecule has 3 rings (SSSR count). The number of nitrogens with one attached hydrogen (secondary N) is 1. The molecular formula is C19H23ClN4O. The molecule has 1 amide bonds. The van der Waals surface area contributed by atoms with E-state index in [2.05, 4.69) is 20.1 Å². The summed E-state index contributed by atoms with van der Waals surface area (Å²) < 4.78 is 0. The maximum atomic E-state index is 12.1. The van der Waals surface area contributed by atoms with Crippen LogP contribution in [0.3, 0.4) is 0 Å². The van der Waals surface area contributed by atoms with Crippen LogP contribution in [0.4, 0.5) is 5.82 Å².